The third kappa shape index (κ3) is 3.74. The van der Waals surface area contributed by atoms with E-state index in [1.807, 2.05) is 0 Å². The fourth-order valence-electron chi connectivity index (χ4n) is 1.83. The van der Waals surface area contributed by atoms with Crippen molar-refractivity contribution in [2.24, 2.45) is 11.1 Å². The molecule has 1 unspecified atom stereocenters. The highest BCUT2D eigenvalue weighted by Gasteiger charge is 2.24. The molecule has 17 heavy (non-hydrogen) atoms. The lowest BCUT2D eigenvalue weighted by Crippen LogP contribution is -2.43. The quantitative estimate of drug-likeness (QED) is 0.848. The van der Waals surface area contributed by atoms with Crippen LogP contribution in [0.25, 0.3) is 0 Å². The molecule has 0 aliphatic carbocycles. The summed E-state index contributed by atoms with van der Waals surface area (Å²) in [6, 6.07) is 8.97. The number of benzene rings is 1. The molecular formula is C15H26N2. The maximum absolute atomic E-state index is 6.02. The third-order valence-corrected chi connectivity index (χ3v) is 3.66. The van der Waals surface area contributed by atoms with Crippen molar-refractivity contribution in [3.05, 3.63) is 29.8 Å². The molecule has 2 nitrogen and oxygen atoms in total. The fraction of sp³-hybridized carbons (Fsp3) is 0.600. The highest BCUT2D eigenvalue weighted by molar-refractivity contribution is 5.47. The molecule has 0 fully saturated rings. The molecule has 2 heteroatoms. The number of anilines is 1. The smallest absolute Gasteiger partial charge is 0.0363 e. The van der Waals surface area contributed by atoms with E-state index in [0.29, 0.717) is 0 Å². The highest BCUT2D eigenvalue weighted by atomic mass is 15.1. The first-order valence-corrected chi connectivity index (χ1v) is 6.42. The molecular weight excluding hydrogens is 208 g/mol. The average Bonchev–Trinajstić information content (AvgIpc) is 2.28. The predicted octanol–water partition coefficient (Wildman–Crippen LogP) is 3.06. The lowest BCUT2D eigenvalue weighted by Gasteiger charge is -2.34. The van der Waals surface area contributed by atoms with Gasteiger partial charge >= 0.3 is 0 Å². The van der Waals surface area contributed by atoms with Gasteiger partial charge in [0.05, 0.1) is 0 Å². The van der Waals surface area contributed by atoms with Crippen molar-refractivity contribution in [1.82, 2.24) is 0 Å². The molecule has 0 saturated carbocycles. The van der Waals surface area contributed by atoms with Gasteiger partial charge in [0, 0.05) is 25.3 Å². The Bertz CT molecular complexity index is 338. The highest BCUT2D eigenvalue weighted by Crippen LogP contribution is 2.23. The van der Waals surface area contributed by atoms with Crippen LogP contribution in [0.4, 0.5) is 5.69 Å². The molecule has 1 rings (SSSR count). The van der Waals surface area contributed by atoms with Crippen LogP contribution >= 0.6 is 0 Å². The zero-order valence-electron chi connectivity index (χ0n) is 11.8. The molecule has 0 amide bonds. The van der Waals surface area contributed by atoms with Crippen LogP contribution in [0.3, 0.4) is 0 Å². The number of rotatable bonds is 5. The molecule has 1 aromatic rings. The summed E-state index contributed by atoms with van der Waals surface area (Å²) in [5, 5.41) is 0. The Kier molecular flexibility index (Phi) is 4.58. The van der Waals surface area contributed by atoms with Gasteiger partial charge in [-0.3, -0.25) is 0 Å². The van der Waals surface area contributed by atoms with Crippen LogP contribution in [0.1, 0.15) is 33.3 Å². The van der Waals surface area contributed by atoms with Crippen molar-refractivity contribution in [2.75, 3.05) is 18.5 Å². The third-order valence-electron chi connectivity index (χ3n) is 3.66. The van der Waals surface area contributed by atoms with Gasteiger partial charge in [0.15, 0.2) is 0 Å². The van der Waals surface area contributed by atoms with Gasteiger partial charge in [0.2, 0.25) is 0 Å². The molecule has 1 aromatic carbocycles. The standard InChI is InChI=1S/C15H26N2/c1-6-13-7-9-14(10-8-13)17(5)11-15(3,4)12(2)16/h7-10,12H,6,11,16H2,1-5H3. The van der Waals surface area contributed by atoms with Gasteiger partial charge in [-0.1, -0.05) is 32.9 Å². The predicted molar refractivity (Wildman–Crippen MR) is 76.5 cm³/mol. The van der Waals surface area contributed by atoms with Crippen molar-refractivity contribution in [1.29, 1.82) is 0 Å². The number of nitrogens with zero attached hydrogens (tertiary/aromatic N) is 1. The minimum Gasteiger partial charge on any atom is -0.374 e. The Hall–Kier alpha value is -1.02. The van der Waals surface area contributed by atoms with Crippen LogP contribution in [0.5, 0.6) is 0 Å². The van der Waals surface area contributed by atoms with Gasteiger partial charge in [-0.2, -0.15) is 0 Å². The van der Waals surface area contributed by atoms with Crippen molar-refractivity contribution in [3.63, 3.8) is 0 Å². The summed E-state index contributed by atoms with van der Waals surface area (Å²) in [5.74, 6) is 0. The topological polar surface area (TPSA) is 29.3 Å². The molecule has 1 atom stereocenters. The van der Waals surface area contributed by atoms with Crippen molar-refractivity contribution in [3.8, 4) is 0 Å². The molecule has 0 radical (unpaired) electrons. The van der Waals surface area contributed by atoms with Gasteiger partial charge in [0.1, 0.15) is 0 Å². The molecule has 0 aromatic heterocycles. The Morgan fingerprint density at radius 3 is 2.18 bits per heavy atom. The van der Waals surface area contributed by atoms with Crippen LogP contribution < -0.4 is 10.6 Å². The summed E-state index contributed by atoms with van der Waals surface area (Å²) in [6.07, 6.45) is 1.09. The van der Waals surface area contributed by atoms with Gasteiger partial charge < -0.3 is 10.6 Å². The van der Waals surface area contributed by atoms with Gasteiger partial charge in [-0.25, -0.2) is 0 Å². The molecule has 96 valence electrons. The molecule has 0 bridgehead atoms. The largest absolute Gasteiger partial charge is 0.374 e. The van der Waals surface area contributed by atoms with E-state index in [1.54, 1.807) is 0 Å². The van der Waals surface area contributed by atoms with E-state index in [-0.39, 0.29) is 11.5 Å². The molecule has 0 aliphatic rings. The monoisotopic (exact) mass is 234 g/mol. The van der Waals surface area contributed by atoms with Gasteiger partial charge in [-0.05, 0) is 36.5 Å². The first-order valence-electron chi connectivity index (χ1n) is 6.42. The van der Waals surface area contributed by atoms with E-state index in [0.717, 1.165) is 13.0 Å². The maximum Gasteiger partial charge on any atom is 0.0363 e. The van der Waals surface area contributed by atoms with Crippen LogP contribution in [0.2, 0.25) is 0 Å². The molecule has 0 aliphatic heterocycles. The average molecular weight is 234 g/mol. The van der Waals surface area contributed by atoms with Crippen LogP contribution in [0, 0.1) is 5.41 Å². The zero-order chi connectivity index (χ0) is 13.1. The summed E-state index contributed by atoms with van der Waals surface area (Å²) in [4.78, 5) is 2.28. The van der Waals surface area contributed by atoms with E-state index in [4.69, 9.17) is 5.73 Å². The molecule has 0 saturated heterocycles. The Morgan fingerprint density at radius 1 is 1.24 bits per heavy atom. The second-order valence-corrected chi connectivity index (χ2v) is 5.65. The van der Waals surface area contributed by atoms with E-state index in [2.05, 4.69) is 63.9 Å². The van der Waals surface area contributed by atoms with E-state index in [1.165, 1.54) is 11.3 Å². The molecule has 0 heterocycles. The fourth-order valence-corrected chi connectivity index (χ4v) is 1.83. The summed E-state index contributed by atoms with van der Waals surface area (Å²) < 4.78 is 0. The zero-order valence-corrected chi connectivity index (χ0v) is 11.8. The number of hydrogen-bond donors (Lipinski definition) is 1. The summed E-state index contributed by atoms with van der Waals surface area (Å²) in [7, 11) is 2.13. The van der Waals surface area contributed by atoms with Crippen molar-refractivity contribution in [2.45, 2.75) is 40.2 Å². The van der Waals surface area contributed by atoms with Gasteiger partial charge in [0.25, 0.3) is 0 Å². The van der Waals surface area contributed by atoms with E-state index >= 15 is 0 Å². The number of aryl methyl sites for hydroxylation is 1. The second-order valence-electron chi connectivity index (χ2n) is 5.65. The van der Waals surface area contributed by atoms with Crippen molar-refractivity contribution < 1.29 is 0 Å². The lowest BCUT2D eigenvalue weighted by atomic mass is 9.85. The Balaban J connectivity index is 2.72. The van der Waals surface area contributed by atoms with Gasteiger partial charge in [-0.15, -0.1) is 0 Å². The number of hydrogen-bond acceptors (Lipinski definition) is 2. The first kappa shape index (κ1) is 14.0. The lowest BCUT2D eigenvalue weighted by molar-refractivity contribution is 0.308. The first-order chi connectivity index (χ1) is 7.86. The summed E-state index contributed by atoms with van der Waals surface area (Å²) in [6.45, 7) is 9.66. The maximum atomic E-state index is 6.02. The SMILES string of the molecule is CCc1ccc(N(C)CC(C)(C)C(C)N)cc1. The summed E-state index contributed by atoms with van der Waals surface area (Å²) >= 11 is 0. The second kappa shape index (κ2) is 5.54. The Labute approximate surface area is 106 Å². The summed E-state index contributed by atoms with van der Waals surface area (Å²) in [5.41, 5.74) is 8.78. The van der Waals surface area contributed by atoms with Crippen LogP contribution in [-0.2, 0) is 6.42 Å². The molecule has 0 spiro atoms. The minimum atomic E-state index is 0.123. The van der Waals surface area contributed by atoms with E-state index < -0.39 is 0 Å². The number of nitrogens with two attached hydrogens (primary N) is 1. The minimum absolute atomic E-state index is 0.123. The Morgan fingerprint density at radius 2 is 1.76 bits per heavy atom. The van der Waals surface area contributed by atoms with E-state index in [9.17, 15) is 0 Å². The van der Waals surface area contributed by atoms with Crippen LogP contribution in [-0.4, -0.2) is 19.6 Å². The molecule has 2 N–H and O–H groups in total. The van der Waals surface area contributed by atoms with Crippen LogP contribution in [0.15, 0.2) is 24.3 Å². The normalized spacial score (nSPS) is 13.5. The van der Waals surface area contributed by atoms with Crippen molar-refractivity contribution >= 4 is 5.69 Å².